The van der Waals surface area contributed by atoms with Crippen LogP contribution in [0.25, 0.3) is 0 Å². The molecule has 0 spiro atoms. The summed E-state index contributed by atoms with van der Waals surface area (Å²) in [5, 5.41) is 2.18. The van der Waals surface area contributed by atoms with E-state index < -0.39 is 0 Å². The third-order valence-electron chi connectivity index (χ3n) is 2.54. The standard InChI is InChI=1S/C10H14S/c1-10(2)6-8(7-10)9-4-3-5-11-9/h3-5,8H,6-7H2,1-2H3. The zero-order valence-corrected chi connectivity index (χ0v) is 7.95. The van der Waals surface area contributed by atoms with Gasteiger partial charge in [0.1, 0.15) is 0 Å². The van der Waals surface area contributed by atoms with E-state index in [1.54, 1.807) is 4.88 Å². The Labute approximate surface area is 72.3 Å². The van der Waals surface area contributed by atoms with Crippen LogP contribution in [0.1, 0.15) is 37.5 Å². The number of thiophene rings is 1. The predicted molar refractivity (Wildman–Crippen MR) is 50.1 cm³/mol. The monoisotopic (exact) mass is 166 g/mol. The summed E-state index contributed by atoms with van der Waals surface area (Å²) < 4.78 is 0. The lowest BCUT2D eigenvalue weighted by molar-refractivity contribution is 0.154. The first-order chi connectivity index (χ1) is 5.17. The van der Waals surface area contributed by atoms with E-state index in [0.717, 1.165) is 5.92 Å². The van der Waals surface area contributed by atoms with Crippen LogP contribution in [0.15, 0.2) is 17.5 Å². The van der Waals surface area contributed by atoms with E-state index in [1.165, 1.54) is 12.8 Å². The quantitative estimate of drug-likeness (QED) is 0.597. The summed E-state index contributed by atoms with van der Waals surface area (Å²) in [5.74, 6) is 0.880. The lowest BCUT2D eigenvalue weighted by Gasteiger charge is -2.42. The second-order valence-corrected chi connectivity index (χ2v) is 5.26. The molecule has 0 unspecified atom stereocenters. The van der Waals surface area contributed by atoms with Gasteiger partial charge in [0.25, 0.3) is 0 Å². The molecule has 1 heteroatoms. The maximum atomic E-state index is 2.36. The summed E-state index contributed by atoms with van der Waals surface area (Å²) in [6.07, 6.45) is 2.76. The van der Waals surface area contributed by atoms with Crippen LogP contribution in [0.4, 0.5) is 0 Å². The summed E-state index contributed by atoms with van der Waals surface area (Å²) >= 11 is 1.91. The van der Waals surface area contributed by atoms with Gasteiger partial charge in [-0.3, -0.25) is 0 Å². The van der Waals surface area contributed by atoms with Crippen molar-refractivity contribution in [2.75, 3.05) is 0 Å². The van der Waals surface area contributed by atoms with Crippen molar-refractivity contribution in [1.82, 2.24) is 0 Å². The molecule has 1 heterocycles. The molecule has 0 nitrogen and oxygen atoms in total. The van der Waals surface area contributed by atoms with Crippen molar-refractivity contribution in [2.45, 2.75) is 32.6 Å². The number of hydrogen-bond donors (Lipinski definition) is 0. The van der Waals surface area contributed by atoms with Crippen molar-refractivity contribution in [3.05, 3.63) is 22.4 Å². The Kier molecular flexibility index (Phi) is 1.57. The molecule has 2 rings (SSSR count). The highest BCUT2D eigenvalue weighted by molar-refractivity contribution is 7.10. The van der Waals surface area contributed by atoms with E-state index in [0.29, 0.717) is 5.41 Å². The third kappa shape index (κ3) is 1.34. The third-order valence-corrected chi connectivity index (χ3v) is 3.58. The Morgan fingerprint density at radius 3 is 2.64 bits per heavy atom. The van der Waals surface area contributed by atoms with Gasteiger partial charge in [0.2, 0.25) is 0 Å². The fourth-order valence-corrected chi connectivity index (χ4v) is 2.83. The fourth-order valence-electron chi connectivity index (χ4n) is 2.00. The van der Waals surface area contributed by atoms with Crippen molar-refractivity contribution >= 4 is 11.3 Å². The van der Waals surface area contributed by atoms with Crippen molar-refractivity contribution < 1.29 is 0 Å². The molecule has 0 saturated heterocycles. The molecule has 1 fully saturated rings. The molecular weight excluding hydrogens is 152 g/mol. The minimum Gasteiger partial charge on any atom is -0.149 e. The fraction of sp³-hybridized carbons (Fsp3) is 0.600. The Morgan fingerprint density at radius 2 is 2.18 bits per heavy atom. The molecule has 0 amide bonds. The molecular formula is C10H14S. The van der Waals surface area contributed by atoms with Crippen molar-refractivity contribution in [2.24, 2.45) is 5.41 Å². The van der Waals surface area contributed by atoms with Crippen LogP contribution in [0.2, 0.25) is 0 Å². The Morgan fingerprint density at radius 1 is 1.45 bits per heavy atom. The van der Waals surface area contributed by atoms with Gasteiger partial charge in [-0.05, 0) is 35.6 Å². The summed E-state index contributed by atoms with van der Waals surface area (Å²) in [6, 6.07) is 4.43. The molecule has 1 aliphatic carbocycles. The van der Waals surface area contributed by atoms with Crippen molar-refractivity contribution in [3.8, 4) is 0 Å². The molecule has 0 N–H and O–H groups in total. The Bertz CT molecular complexity index is 225. The number of hydrogen-bond acceptors (Lipinski definition) is 1. The normalized spacial score (nSPS) is 23.1. The highest BCUT2D eigenvalue weighted by atomic mass is 32.1. The Hall–Kier alpha value is -0.300. The van der Waals surface area contributed by atoms with Crippen LogP contribution < -0.4 is 0 Å². The smallest absolute Gasteiger partial charge is 0.00765 e. The van der Waals surface area contributed by atoms with Crippen LogP contribution in [0.3, 0.4) is 0 Å². The van der Waals surface area contributed by atoms with Gasteiger partial charge in [-0.25, -0.2) is 0 Å². The van der Waals surface area contributed by atoms with Crippen molar-refractivity contribution in [1.29, 1.82) is 0 Å². The van der Waals surface area contributed by atoms with Gasteiger partial charge in [0.15, 0.2) is 0 Å². The van der Waals surface area contributed by atoms with Crippen LogP contribution in [0, 0.1) is 5.41 Å². The van der Waals surface area contributed by atoms with E-state index in [-0.39, 0.29) is 0 Å². The molecule has 0 radical (unpaired) electrons. The predicted octanol–water partition coefficient (Wildman–Crippen LogP) is 3.65. The molecule has 0 atom stereocenters. The SMILES string of the molecule is CC1(C)CC(c2cccs2)C1. The van der Waals surface area contributed by atoms with E-state index in [9.17, 15) is 0 Å². The second kappa shape index (κ2) is 2.34. The molecule has 0 aliphatic heterocycles. The second-order valence-electron chi connectivity index (χ2n) is 4.28. The van der Waals surface area contributed by atoms with E-state index >= 15 is 0 Å². The zero-order valence-electron chi connectivity index (χ0n) is 7.13. The van der Waals surface area contributed by atoms with Crippen LogP contribution in [-0.4, -0.2) is 0 Å². The average molecular weight is 166 g/mol. The highest BCUT2D eigenvalue weighted by Crippen LogP contribution is 2.51. The summed E-state index contributed by atoms with van der Waals surface area (Å²) in [7, 11) is 0. The van der Waals surface area contributed by atoms with Gasteiger partial charge in [0, 0.05) is 4.88 Å². The maximum absolute atomic E-state index is 2.36. The van der Waals surface area contributed by atoms with Crippen LogP contribution in [-0.2, 0) is 0 Å². The first kappa shape index (κ1) is 7.35. The Balaban J connectivity index is 2.03. The molecule has 11 heavy (non-hydrogen) atoms. The molecule has 1 aromatic rings. The number of rotatable bonds is 1. The maximum Gasteiger partial charge on any atom is 0.00765 e. The summed E-state index contributed by atoms with van der Waals surface area (Å²) in [5.41, 5.74) is 0.620. The molecule has 1 saturated carbocycles. The highest BCUT2D eigenvalue weighted by Gasteiger charge is 2.36. The molecule has 1 aliphatic rings. The van der Waals surface area contributed by atoms with Crippen LogP contribution in [0.5, 0.6) is 0 Å². The van der Waals surface area contributed by atoms with E-state index in [4.69, 9.17) is 0 Å². The topological polar surface area (TPSA) is 0 Å². The summed E-state index contributed by atoms with van der Waals surface area (Å²) in [4.78, 5) is 1.59. The molecule has 0 bridgehead atoms. The van der Waals surface area contributed by atoms with E-state index in [1.807, 2.05) is 11.3 Å². The minimum atomic E-state index is 0.620. The van der Waals surface area contributed by atoms with Gasteiger partial charge < -0.3 is 0 Å². The van der Waals surface area contributed by atoms with E-state index in [2.05, 4.69) is 31.4 Å². The zero-order chi connectivity index (χ0) is 7.90. The lowest BCUT2D eigenvalue weighted by Crippen LogP contribution is -2.29. The van der Waals surface area contributed by atoms with Gasteiger partial charge in [-0.15, -0.1) is 11.3 Å². The van der Waals surface area contributed by atoms with Crippen LogP contribution >= 0.6 is 11.3 Å². The largest absolute Gasteiger partial charge is 0.149 e. The molecule has 60 valence electrons. The van der Waals surface area contributed by atoms with Crippen molar-refractivity contribution in [3.63, 3.8) is 0 Å². The first-order valence-corrected chi connectivity index (χ1v) is 5.09. The molecule has 1 aromatic heterocycles. The summed E-state index contributed by atoms with van der Waals surface area (Å²) in [6.45, 7) is 4.72. The van der Waals surface area contributed by atoms with Gasteiger partial charge in [-0.1, -0.05) is 19.9 Å². The first-order valence-electron chi connectivity index (χ1n) is 4.21. The van der Waals surface area contributed by atoms with Gasteiger partial charge >= 0.3 is 0 Å². The lowest BCUT2D eigenvalue weighted by atomic mass is 9.64. The molecule has 0 aromatic carbocycles. The minimum absolute atomic E-state index is 0.620. The van der Waals surface area contributed by atoms with Gasteiger partial charge in [0.05, 0.1) is 0 Å². The van der Waals surface area contributed by atoms with Gasteiger partial charge in [-0.2, -0.15) is 0 Å². The average Bonchev–Trinajstić information content (AvgIpc) is 2.32.